The molecule has 31 heavy (non-hydrogen) atoms. The minimum Gasteiger partial charge on any atom is -0.493 e. The number of nitrogens with one attached hydrogen (secondary N) is 1. The van der Waals surface area contributed by atoms with Gasteiger partial charge in [0.25, 0.3) is 10.0 Å². The van der Waals surface area contributed by atoms with Crippen LogP contribution in [0, 0.1) is 0 Å². The minimum absolute atomic E-state index is 0.00104. The maximum atomic E-state index is 12.9. The van der Waals surface area contributed by atoms with Gasteiger partial charge in [0, 0.05) is 24.8 Å². The molecular formula is C21H28N2O6S2. The lowest BCUT2D eigenvalue weighted by atomic mass is 9.96. The zero-order valence-corrected chi connectivity index (χ0v) is 19.5. The molecule has 1 N–H and O–H groups in total. The highest BCUT2D eigenvalue weighted by atomic mass is 32.2. The molecule has 0 spiro atoms. The molecule has 2 aromatic rings. The lowest BCUT2D eigenvalue weighted by molar-refractivity contribution is 0.286. The number of methoxy groups -OCH3 is 2. The first-order chi connectivity index (χ1) is 14.7. The quantitative estimate of drug-likeness (QED) is 0.637. The van der Waals surface area contributed by atoms with Gasteiger partial charge in [-0.05, 0) is 49.2 Å². The van der Waals surface area contributed by atoms with Gasteiger partial charge in [0.05, 0.1) is 24.0 Å². The Bertz CT molecular complexity index is 1110. The monoisotopic (exact) mass is 468 g/mol. The fourth-order valence-electron chi connectivity index (χ4n) is 3.70. The van der Waals surface area contributed by atoms with Crippen LogP contribution in [-0.4, -0.2) is 48.4 Å². The first-order valence-corrected chi connectivity index (χ1v) is 12.9. The van der Waals surface area contributed by atoms with E-state index in [1.165, 1.54) is 61.0 Å². The van der Waals surface area contributed by atoms with Crippen molar-refractivity contribution in [3.8, 4) is 11.5 Å². The van der Waals surface area contributed by atoms with Crippen molar-refractivity contribution in [3.63, 3.8) is 0 Å². The highest BCUT2D eigenvalue weighted by Gasteiger charge is 2.29. The van der Waals surface area contributed by atoms with Crippen LogP contribution in [0.2, 0.25) is 0 Å². The van der Waals surface area contributed by atoms with Crippen molar-refractivity contribution >= 4 is 25.7 Å². The Balaban J connectivity index is 1.78. The number of ether oxygens (including phenoxy) is 2. The number of hydrogen-bond acceptors (Lipinski definition) is 6. The Morgan fingerprint density at radius 3 is 2.00 bits per heavy atom. The molecule has 0 radical (unpaired) electrons. The number of anilines is 1. The third kappa shape index (κ3) is 5.13. The summed E-state index contributed by atoms with van der Waals surface area (Å²) in [5.41, 5.74) is 0.258. The first kappa shape index (κ1) is 23.4. The molecule has 1 saturated carbocycles. The minimum atomic E-state index is -3.90. The molecule has 1 aliphatic rings. The number of hydrogen-bond donors (Lipinski definition) is 1. The predicted molar refractivity (Wildman–Crippen MR) is 119 cm³/mol. The molecule has 0 unspecified atom stereocenters. The van der Waals surface area contributed by atoms with Crippen LogP contribution < -0.4 is 14.2 Å². The van der Waals surface area contributed by atoms with Gasteiger partial charge in [-0.1, -0.05) is 19.3 Å². The van der Waals surface area contributed by atoms with Gasteiger partial charge in [-0.2, -0.15) is 4.31 Å². The summed E-state index contributed by atoms with van der Waals surface area (Å²) in [5, 5.41) is 0. The number of sulfonamides is 2. The molecule has 1 fully saturated rings. The Labute approximate surface area is 184 Å². The number of rotatable bonds is 8. The molecular weight excluding hydrogens is 440 g/mol. The van der Waals surface area contributed by atoms with E-state index < -0.39 is 20.0 Å². The normalized spacial score (nSPS) is 15.6. The Morgan fingerprint density at radius 2 is 1.42 bits per heavy atom. The van der Waals surface area contributed by atoms with Crippen LogP contribution in [0.1, 0.15) is 32.1 Å². The van der Waals surface area contributed by atoms with Crippen LogP contribution >= 0.6 is 0 Å². The van der Waals surface area contributed by atoms with Gasteiger partial charge < -0.3 is 9.47 Å². The topological polar surface area (TPSA) is 102 Å². The van der Waals surface area contributed by atoms with Crippen LogP contribution in [0.15, 0.2) is 52.3 Å². The zero-order valence-electron chi connectivity index (χ0n) is 17.9. The van der Waals surface area contributed by atoms with Crippen LogP contribution in [0.3, 0.4) is 0 Å². The van der Waals surface area contributed by atoms with Crippen LogP contribution in [-0.2, 0) is 20.0 Å². The maximum absolute atomic E-state index is 12.9. The molecule has 0 saturated heterocycles. The molecule has 2 aromatic carbocycles. The van der Waals surface area contributed by atoms with E-state index in [4.69, 9.17) is 9.47 Å². The van der Waals surface area contributed by atoms with Crippen molar-refractivity contribution in [2.75, 3.05) is 26.0 Å². The Hall–Kier alpha value is -2.30. The highest BCUT2D eigenvalue weighted by Crippen LogP contribution is 2.31. The second-order valence-electron chi connectivity index (χ2n) is 7.46. The van der Waals surface area contributed by atoms with E-state index in [0.29, 0.717) is 5.75 Å². The van der Waals surface area contributed by atoms with E-state index in [0.717, 1.165) is 32.1 Å². The summed E-state index contributed by atoms with van der Waals surface area (Å²) in [4.78, 5) is 0.133. The summed E-state index contributed by atoms with van der Waals surface area (Å²) in [6.07, 6.45) is 4.92. The third-order valence-corrected chi connectivity index (χ3v) is 8.84. The van der Waals surface area contributed by atoms with E-state index >= 15 is 0 Å². The summed E-state index contributed by atoms with van der Waals surface area (Å²) < 4.78 is 65.5. The second-order valence-corrected chi connectivity index (χ2v) is 11.1. The lowest BCUT2D eigenvalue weighted by Crippen LogP contribution is -2.38. The summed E-state index contributed by atoms with van der Waals surface area (Å²) in [5.74, 6) is 0.704. The van der Waals surface area contributed by atoms with E-state index in [1.54, 1.807) is 7.05 Å². The van der Waals surface area contributed by atoms with Gasteiger partial charge in [0.1, 0.15) is 0 Å². The molecule has 0 amide bonds. The van der Waals surface area contributed by atoms with Crippen molar-refractivity contribution < 1.29 is 26.3 Å². The smallest absolute Gasteiger partial charge is 0.262 e. The predicted octanol–water partition coefficient (Wildman–Crippen LogP) is 3.46. The van der Waals surface area contributed by atoms with Crippen LogP contribution in [0.5, 0.6) is 11.5 Å². The zero-order chi connectivity index (χ0) is 22.6. The number of benzene rings is 2. The first-order valence-electron chi connectivity index (χ1n) is 10.0. The van der Waals surface area contributed by atoms with E-state index in [9.17, 15) is 16.8 Å². The number of nitrogens with zero attached hydrogens (tertiary/aromatic N) is 1. The summed E-state index contributed by atoms with van der Waals surface area (Å²) in [6, 6.07) is 9.99. The summed E-state index contributed by atoms with van der Waals surface area (Å²) in [6.45, 7) is 0. The Kier molecular flexibility index (Phi) is 7.13. The third-order valence-electron chi connectivity index (χ3n) is 5.54. The average Bonchev–Trinajstić information content (AvgIpc) is 2.78. The fourth-order valence-corrected chi connectivity index (χ4v) is 6.19. The van der Waals surface area contributed by atoms with Gasteiger partial charge in [-0.3, -0.25) is 4.72 Å². The molecule has 0 aliphatic heterocycles. The fraction of sp³-hybridized carbons (Fsp3) is 0.429. The van der Waals surface area contributed by atoms with Gasteiger partial charge in [0.2, 0.25) is 10.0 Å². The van der Waals surface area contributed by atoms with Crippen molar-refractivity contribution in [2.45, 2.75) is 47.9 Å². The molecule has 0 bridgehead atoms. The van der Waals surface area contributed by atoms with Gasteiger partial charge in [-0.25, -0.2) is 16.8 Å². The van der Waals surface area contributed by atoms with Crippen molar-refractivity contribution in [2.24, 2.45) is 0 Å². The highest BCUT2D eigenvalue weighted by molar-refractivity contribution is 7.92. The largest absolute Gasteiger partial charge is 0.493 e. The van der Waals surface area contributed by atoms with Gasteiger partial charge in [0.15, 0.2) is 11.5 Å². The molecule has 0 atom stereocenters. The van der Waals surface area contributed by atoms with E-state index in [-0.39, 0.29) is 27.3 Å². The average molecular weight is 469 g/mol. The summed E-state index contributed by atoms with van der Waals surface area (Å²) in [7, 11) is -3.04. The molecule has 1 aliphatic carbocycles. The van der Waals surface area contributed by atoms with Crippen molar-refractivity contribution in [1.82, 2.24) is 4.31 Å². The van der Waals surface area contributed by atoms with Crippen LogP contribution in [0.4, 0.5) is 5.69 Å². The summed E-state index contributed by atoms with van der Waals surface area (Å²) >= 11 is 0. The maximum Gasteiger partial charge on any atom is 0.262 e. The van der Waals surface area contributed by atoms with E-state index in [1.807, 2.05) is 0 Å². The standard InChI is InChI=1S/C21H28N2O6S2/c1-23(17-7-5-4-6-8-17)31(26,27)18-11-9-16(10-12-18)22-30(24,25)19-13-14-20(28-2)21(15-19)29-3/h9-15,17,22H,4-8H2,1-3H3. The molecule has 3 rings (SSSR count). The molecule has 10 heteroatoms. The Morgan fingerprint density at radius 1 is 0.839 bits per heavy atom. The molecule has 170 valence electrons. The molecule has 0 aromatic heterocycles. The lowest BCUT2D eigenvalue weighted by Gasteiger charge is -2.30. The van der Waals surface area contributed by atoms with Gasteiger partial charge in [-0.15, -0.1) is 0 Å². The molecule has 0 heterocycles. The van der Waals surface area contributed by atoms with Gasteiger partial charge >= 0.3 is 0 Å². The molecule has 8 nitrogen and oxygen atoms in total. The van der Waals surface area contributed by atoms with Crippen LogP contribution in [0.25, 0.3) is 0 Å². The second kappa shape index (κ2) is 9.46. The SMILES string of the molecule is COc1ccc(S(=O)(=O)Nc2ccc(S(=O)(=O)N(C)C3CCCCC3)cc2)cc1OC. The van der Waals surface area contributed by atoms with Crippen molar-refractivity contribution in [3.05, 3.63) is 42.5 Å². The van der Waals surface area contributed by atoms with E-state index in [2.05, 4.69) is 4.72 Å². The van der Waals surface area contributed by atoms with Crippen molar-refractivity contribution in [1.29, 1.82) is 0 Å².